The molecule has 6 nitrogen and oxygen atoms in total. The Morgan fingerprint density at radius 1 is 1.19 bits per heavy atom. The number of rotatable bonds is 9. The fourth-order valence-corrected chi connectivity index (χ4v) is 2.71. The summed E-state index contributed by atoms with van der Waals surface area (Å²) in [5, 5.41) is 5.51. The van der Waals surface area contributed by atoms with E-state index >= 15 is 0 Å². The van der Waals surface area contributed by atoms with E-state index in [1.54, 1.807) is 18.2 Å². The summed E-state index contributed by atoms with van der Waals surface area (Å²) in [7, 11) is 0. The lowest BCUT2D eigenvalue weighted by Gasteiger charge is -2.27. The van der Waals surface area contributed by atoms with Crippen molar-refractivity contribution in [3.8, 4) is 0 Å². The van der Waals surface area contributed by atoms with Crippen LogP contribution in [0.3, 0.4) is 0 Å². The minimum Gasteiger partial charge on any atom is -0.465 e. The van der Waals surface area contributed by atoms with Crippen molar-refractivity contribution in [3.63, 3.8) is 0 Å². The minimum absolute atomic E-state index is 0.144. The molecule has 0 aliphatic rings. The highest BCUT2D eigenvalue weighted by Crippen LogP contribution is 2.19. The summed E-state index contributed by atoms with van der Waals surface area (Å²) in [4.78, 5) is 26.0. The second kappa shape index (κ2) is 10.2. The van der Waals surface area contributed by atoms with Crippen LogP contribution in [0.15, 0.2) is 53.2 Å². The van der Waals surface area contributed by atoms with E-state index < -0.39 is 0 Å². The van der Waals surface area contributed by atoms with Gasteiger partial charge in [0.05, 0.1) is 6.26 Å². The van der Waals surface area contributed by atoms with Gasteiger partial charge in [-0.05, 0) is 63.2 Å². The molecule has 0 bridgehead atoms. The molecule has 0 aliphatic carbocycles. The van der Waals surface area contributed by atoms with Gasteiger partial charge in [-0.2, -0.15) is 0 Å². The number of hydrogen-bond donors (Lipinski definition) is 2. The standard InChI is InChI=1S/C21H27N3O3/c1-4-24(16(2)3)18-9-7-17(8-10-18)23-21(26)13-14-22-20(25)12-11-19-6-5-15-27-19/h5-12,15-16H,4,13-14H2,1-3H3,(H,22,25)(H,23,26)/b12-11+. The number of benzene rings is 1. The predicted molar refractivity (Wildman–Crippen MR) is 109 cm³/mol. The van der Waals surface area contributed by atoms with Gasteiger partial charge < -0.3 is 20.0 Å². The molecule has 0 saturated heterocycles. The van der Waals surface area contributed by atoms with E-state index in [-0.39, 0.29) is 24.8 Å². The Labute approximate surface area is 160 Å². The van der Waals surface area contributed by atoms with E-state index in [1.165, 1.54) is 12.3 Å². The molecular formula is C21H27N3O3. The molecule has 144 valence electrons. The third-order valence-corrected chi connectivity index (χ3v) is 4.04. The van der Waals surface area contributed by atoms with Gasteiger partial charge in [0.1, 0.15) is 5.76 Å². The maximum atomic E-state index is 12.0. The van der Waals surface area contributed by atoms with E-state index in [1.807, 2.05) is 24.3 Å². The Bertz CT molecular complexity index is 749. The maximum absolute atomic E-state index is 12.0. The molecule has 0 aliphatic heterocycles. The number of hydrogen-bond acceptors (Lipinski definition) is 4. The highest BCUT2D eigenvalue weighted by atomic mass is 16.3. The molecule has 6 heteroatoms. The zero-order valence-corrected chi connectivity index (χ0v) is 16.1. The van der Waals surface area contributed by atoms with Crippen LogP contribution in [0.5, 0.6) is 0 Å². The summed E-state index contributed by atoms with van der Waals surface area (Å²) in [6.45, 7) is 7.61. The molecule has 2 aromatic rings. The lowest BCUT2D eigenvalue weighted by molar-refractivity contribution is -0.117. The smallest absolute Gasteiger partial charge is 0.244 e. The number of anilines is 2. The van der Waals surface area contributed by atoms with Gasteiger partial charge >= 0.3 is 0 Å². The van der Waals surface area contributed by atoms with Crippen LogP contribution >= 0.6 is 0 Å². The van der Waals surface area contributed by atoms with Gasteiger partial charge in [-0.15, -0.1) is 0 Å². The molecule has 1 aromatic carbocycles. The van der Waals surface area contributed by atoms with E-state index in [9.17, 15) is 9.59 Å². The Morgan fingerprint density at radius 2 is 1.93 bits per heavy atom. The maximum Gasteiger partial charge on any atom is 0.244 e. The van der Waals surface area contributed by atoms with Crippen LogP contribution in [0, 0.1) is 0 Å². The lowest BCUT2D eigenvalue weighted by atomic mass is 10.2. The fraction of sp³-hybridized carbons (Fsp3) is 0.333. The Morgan fingerprint density at radius 3 is 2.52 bits per heavy atom. The first kappa shape index (κ1) is 20.3. The molecule has 2 amide bonds. The molecule has 0 fully saturated rings. The molecule has 0 atom stereocenters. The van der Waals surface area contributed by atoms with Crippen molar-refractivity contribution in [1.29, 1.82) is 0 Å². The number of carbonyl (C=O) groups is 2. The van der Waals surface area contributed by atoms with E-state index in [0.717, 1.165) is 17.9 Å². The number of furan rings is 1. The third-order valence-electron chi connectivity index (χ3n) is 4.04. The Hall–Kier alpha value is -3.02. The van der Waals surface area contributed by atoms with Gasteiger partial charge in [0, 0.05) is 43.0 Å². The van der Waals surface area contributed by atoms with Gasteiger partial charge in [0.25, 0.3) is 0 Å². The van der Waals surface area contributed by atoms with Gasteiger partial charge in [-0.1, -0.05) is 0 Å². The largest absolute Gasteiger partial charge is 0.465 e. The Balaban J connectivity index is 1.74. The third kappa shape index (κ3) is 6.66. The van der Waals surface area contributed by atoms with E-state index in [2.05, 4.69) is 36.3 Å². The number of amides is 2. The van der Waals surface area contributed by atoms with Crippen molar-refractivity contribution >= 4 is 29.3 Å². The van der Waals surface area contributed by atoms with Crippen molar-refractivity contribution < 1.29 is 14.0 Å². The molecule has 0 saturated carbocycles. The summed E-state index contributed by atoms with van der Waals surface area (Å²) in [5.74, 6) is 0.191. The van der Waals surface area contributed by atoms with Crippen molar-refractivity contribution in [2.75, 3.05) is 23.3 Å². The van der Waals surface area contributed by atoms with Crippen molar-refractivity contribution in [2.45, 2.75) is 33.2 Å². The SMILES string of the molecule is CCN(c1ccc(NC(=O)CCNC(=O)/C=C/c2ccco2)cc1)C(C)C. The van der Waals surface area contributed by atoms with Crippen LogP contribution in [0.25, 0.3) is 6.08 Å². The molecule has 27 heavy (non-hydrogen) atoms. The van der Waals surface area contributed by atoms with Crippen molar-refractivity contribution in [3.05, 3.63) is 54.5 Å². The number of nitrogens with zero attached hydrogens (tertiary/aromatic N) is 1. The minimum atomic E-state index is -0.267. The normalized spacial score (nSPS) is 11.0. The van der Waals surface area contributed by atoms with Crippen LogP contribution < -0.4 is 15.5 Å². The van der Waals surface area contributed by atoms with Gasteiger partial charge in [-0.3, -0.25) is 9.59 Å². The van der Waals surface area contributed by atoms with Crippen LogP contribution in [0.2, 0.25) is 0 Å². The zero-order valence-electron chi connectivity index (χ0n) is 16.1. The summed E-state index contributed by atoms with van der Waals surface area (Å²) < 4.78 is 5.10. The first-order chi connectivity index (χ1) is 13.0. The quantitative estimate of drug-likeness (QED) is 0.661. The molecule has 2 rings (SSSR count). The van der Waals surface area contributed by atoms with Gasteiger partial charge in [0.15, 0.2) is 0 Å². The van der Waals surface area contributed by atoms with Gasteiger partial charge in [-0.25, -0.2) is 0 Å². The van der Waals surface area contributed by atoms with Crippen molar-refractivity contribution in [2.24, 2.45) is 0 Å². The van der Waals surface area contributed by atoms with Crippen LogP contribution in [-0.4, -0.2) is 30.9 Å². The number of carbonyl (C=O) groups excluding carboxylic acids is 2. The van der Waals surface area contributed by atoms with Gasteiger partial charge in [0.2, 0.25) is 11.8 Å². The second-order valence-electron chi connectivity index (χ2n) is 6.36. The fourth-order valence-electron chi connectivity index (χ4n) is 2.71. The van der Waals surface area contributed by atoms with E-state index in [4.69, 9.17) is 4.42 Å². The summed E-state index contributed by atoms with van der Waals surface area (Å²) >= 11 is 0. The zero-order chi connectivity index (χ0) is 19.6. The van der Waals surface area contributed by atoms with Crippen molar-refractivity contribution in [1.82, 2.24) is 5.32 Å². The van der Waals surface area contributed by atoms with E-state index in [0.29, 0.717) is 11.8 Å². The molecule has 0 unspecified atom stereocenters. The topological polar surface area (TPSA) is 74.6 Å². The highest BCUT2D eigenvalue weighted by Gasteiger charge is 2.09. The van der Waals surface area contributed by atoms with Crippen LogP contribution in [0.1, 0.15) is 33.0 Å². The lowest BCUT2D eigenvalue weighted by Crippen LogP contribution is -2.30. The molecule has 0 radical (unpaired) electrons. The molecule has 1 aromatic heterocycles. The highest BCUT2D eigenvalue weighted by molar-refractivity contribution is 5.93. The first-order valence-electron chi connectivity index (χ1n) is 9.15. The second-order valence-corrected chi connectivity index (χ2v) is 6.36. The molecule has 0 spiro atoms. The summed E-state index contributed by atoms with van der Waals surface area (Å²) in [5.41, 5.74) is 1.87. The number of nitrogens with one attached hydrogen (secondary N) is 2. The molecule has 1 heterocycles. The van der Waals surface area contributed by atoms with Crippen LogP contribution in [0.4, 0.5) is 11.4 Å². The average Bonchev–Trinajstić information content (AvgIpc) is 3.15. The first-order valence-corrected chi connectivity index (χ1v) is 9.15. The molecular weight excluding hydrogens is 342 g/mol. The summed E-state index contributed by atoms with van der Waals surface area (Å²) in [6, 6.07) is 11.7. The molecule has 2 N–H and O–H groups in total. The average molecular weight is 369 g/mol. The predicted octanol–water partition coefficient (Wildman–Crippen LogP) is 3.67. The Kier molecular flexibility index (Phi) is 7.67. The van der Waals surface area contributed by atoms with Crippen LogP contribution in [-0.2, 0) is 9.59 Å². The summed E-state index contributed by atoms with van der Waals surface area (Å²) in [6.07, 6.45) is 4.70. The monoisotopic (exact) mass is 369 g/mol.